The Bertz CT molecular complexity index is 508. The number of carbonyl (C=O) groups excluding carboxylic acids is 1. The molecule has 0 radical (unpaired) electrons. The van der Waals surface area contributed by atoms with Gasteiger partial charge in [-0.2, -0.15) is 5.10 Å². The fraction of sp³-hybridized carbons (Fsp3) is 0.231. The second kappa shape index (κ2) is 5.44. The Labute approximate surface area is 104 Å². The Hall–Kier alpha value is -2.17. The molecule has 1 unspecified atom stereocenters. The molecule has 94 valence electrons. The first-order chi connectivity index (χ1) is 8.65. The van der Waals surface area contributed by atoms with E-state index >= 15 is 0 Å². The van der Waals surface area contributed by atoms with E-state index in [1.165, 1.54) is 24.3 Å². The summed E-state index contributed by atoms with van der Waals surface area (Å²) in [6, 6.07) is 7.24. The maximum Gasteiger partial charge on any atom is 0.251 e. The first-order valence-electron chi connectivity index (χ1n) is 5.69. The van der Waals surface area contributed by atoms with Crippen LogP contribution >= 0.6 is 0 Å². The first-order valence-corrected chi connectivity index (χ1v) is 5.69. The number of hydrogen-bond donors (Lipinski definition) is 1. The Balaban J connectivity index is 1.92. The molecule has 1 atom stereocenters. The minimum Gasteiger partial charge on any atom is -0.348 e. The van der Waals surface area contributed by atoms with E-state index in [0.717, 1.165) is 0 Å². The molecule has 18 heavy (non-hydrogen) atoms. The van der Waals surface area contributed by atoms with E-state index in [0.29, 0.717) is 12.1 Å². The van der Waals surface area contributed by atoms with Gasteiger partial charge in [-0.1, -0.05) is 0 Å². The average molecular weight is 247 g/mol. The van der Waals surface area contributed by atoms with Crippen LogP contribution < -0.4 is 5.32 Å². The summed E-state index contributed by atoms with van der Waals surface area (Å²) in [5, 5.41) is 6.90. The van der Waals surface area contributed by atoms with Crippen molar-refractivity contribution in [1.82, 2.24) is 15.1 Å². The van der Waals surface area contributed by atoms with Gasteiger partial charge in [-0.15, -0.1) is 0 Å². The maximum atomic E-state index is 12.7. The van der Waals surface area contributed by atoms with Crippen molar-refractivity contribution in [2.24, 2.45) is 0 Å². The van der Waals surface area contributed by atoms with Gasteiger partial charge in [0.25, 0.3) is 5.91 Å². The molecule has 2 aromatic rings. The zero-order chi connectivity index (χ0) is 13.0. The van der Waals surface area contributed by atoms with E-state index in [1.807, 2.05) is 19.2 Å². The fourth-order valence-corrected chi connectivity index (χ4v) is 1.64. The van der Waals surface area contributed by atoms with E-state index in [4.69, 9.17) is 0 Å². The predicted octanol–water partition coefficient (Wildman–Crippen LogP) is 1.84. The molecule has 0 bridgehead atoms. The second-order valence-electron chi connectivity index (χ2n) is 4.11. The van der Waals surface area contributed by atoms with Crippen LogP contribution in [0.1, 0.15) is 17.3 Å². The smallest absolute Gasteiger partial charge is 0.251 e. The Morgan fingerprint density at radius 1 is 1.44 bits per heavy atom. The van der Waals surface area contributed by atoms with Crippen molar-refractivity contribution in [1.29, 1.82) is 0 Å². The molecule has 0 fully saturated rings. The molecule has 0 aliphatic rings. The van der Waals surface area contributed by atoms with Crippen LogP contribution in [0.5, 0.6) is 0 Å². The van der Waals surface area contributed by atoms with Gasteiger partial charge in [0.2, 0.25) is 0 Å². The highest BCUT2D eigenvalue weighted by atomic mass is 19.1. The van der Waals surface area contributed by atoms with Gasteiger partial charge in [-0.25, -0.2) is 4.39 Å². The molecule has 0 aliphatic carbocycles. The normalized spacial score (nSPS) is 12.1. The standard InChI is InChI=1S/C13H14FN3O/c1-10(9-17-8-2-7-15-17)16-13(18)11-3-5-12(14)6-4-11/h2-8,10H,9H2,1H3,(H,16,18). The third kappa shape index (κ3) is 3.16. The van der Waals surface area contributed by atoms with Crippen LogP contribution in [0.3, 0.4) is 0 Å². The van der Waals surface area contributed by atoms with Gasteiger partial charge in [0.05, 0.1) is 6.54 Å². The monoisotopic (exact) mass is 247 g/mol. The highest BCUT2D eigenvalue weighted by molar-refractivity contribution is 5.94. The van der Waals surface area contributed by atoms with E-state index in [2.05, 4.69) is 10.4 Å². The van der Waals surface area contributed by atoms with Gasteiger partial charge in [-0.05, 0) is 37.3 Å². The van der Waals surface area contributed by atoms with Gasteiger partial charge >= 0.3 is 0 Å². The molecule has 0 saturated heterocycles. The van der Waals surface area contributed by atoms with Crippen LogP contribution in [0, 0.1) is 5.82 Å². The molecule has 0 aliphatic heterocycles. The summed E-state index contributed by atoms with van der Waals surface area (Å²) < 4.78 is 14.5. The third-order valence-corrected chi connectivity index (χ3v) is 2.50. The molecule has 0 spiro atoms. The van der Waals surface area contributed by atoms with Crippen LogP contribution in [0.2, 0.25) is 0 Å². The molecule has 1 aromatic carbocycles. The molecular formula is C13H14FN3O. The zero-order valence-electron chi connectivity index (χ0n) is 10.0. The highest BCUT2D eigenvalue weighted by Crippen LogP contribution is 2.03. The number of amides is 1. The molecule has 4 nitrogen and oxygen atoms in total. The van der Waals surface area contributed by atoms with Crippen LogP contribution in [-0.2, 0) is 6.54 Å². The van der Waals surface area contributed by atoms with E-state index in [-0.39, 0.29) is 17.8 Å². The number of carbonyl (C=O) groups is 1. The van der Waals surface area contributed by atoms with Crippen molar-refractivity contribution >= 4 is 5.91 Å². The Kier molecular flexibility index (Phi) is 3.72. The van der Waals surface area contributed by atoms with Crippen molar-refractivity contribution in [2.45, 2.75) is 19.5 Å². The van der Waals surface area contributed by atoms with Crippen molar-refractivity contribution in [2.75, 3.05) is 0 Å². The SMILES string of the molecule is CC(Cn1cccn1)NC(=O)c1ccc(F)cc1. The van der Waals surface area contributed by atoms with Gasteiger partial charge in [0.1, 0.15) is 5.82 Å². The molecule has 2 rings (SSSR count). The van der Waals surface area contributed by atoms with Gasteiger partial charge in [0, 0.05) is 24.0 Å². The summed E-state index contributed by atoms with van der Waals surface area (Å²) in [6.45, 7) is 2.49. The van der Waals surface area contributed by atoms with Gasteiger partial charge in [0.15, 0.2) is 0 Å². The molecule has 0 saturated carbocycles. The minimum absolute atomic E-state index is 0.0533. The first kappa shape index (κ1) is 12.3. The molecule has 1 N–H and O–H groups in total. The summed E-state index contributed by atoms with van der Waals surface area (Å²) in [4.78, 5) is 11.8. The summed E-state index contributed by atoms with van der Waals surface area (Å²) >= 11 is 0. The number of rotatable bonds is 4. The number of nitrogens with one attached hydrogen (secondary N) is 1. The van der Waals surface area contributed by atoms with Gasteiger partial charge < -0.3 is 5.32 Å². The number of benzene rings is 1. The quantitative estimate of drug-likeness (QED) is 0.896. The summed E-state index contributed by atoms with van der Waals surface area (Å²) in [7, 11) is 0. The van der Waals surface area contributed by atoms with Crippen LogP contribution in [0.25, 0.3) is 0 Å². The molecule has 1 amide bonds. The number of nitrogens with zero attached hydrogens (tertiary/aromatic N) is 2. The average Bonchev–Trinajstić information content (AvgIpc) is 2.82. The maximum absolute atomic E-state index is 12.7. The van der Waals surface area contributed by atoms with Crippen molar-refractivity contribution < 1.29 is 9.18 Å². The van der Waals surface area contributed by atoms with Crippen molar-refractivity contribution in [3.05, 3.63) is 54.1 Å². The summed E-state index contributed by atoms with van der Waals surface area (Å²) in [5.74, 6) is -0.564. The van der Waals surface area contributed by atoms with Crippen molar-refractivity contribution in [3.8, 4) is 0 Å². The fourth-order valence-electron chi connectivity index (χ4n) is 1.64. The second-order valence-corrected chi connectivity index (χ2v) is 4.11. The van der Waals surface area contributed by atoms with E-state index in [9.17, 15) is 9.18 Å². The Morgan fingerprint density at radius 2 is 2.17 bits per heavy atom. The minimum atomic E-state index is -0.351. The number of halogens is 1. The molecular weight excluding hydrogens is 233 g/mol. The molecule has 1 heterocycles. The largest absolute Gasteiger partial charge is 0.348 e. The van der Waals surface area contributed by atoms with E-state index < -0.39 is 0 Å². The lowest BCUT2D eigenvalue weighted by molar-refractivity contribution is 0.0936. The Morgan fingerprint density at radius 3 is 2.78 bits per heavy atom. The van der Waals surface area contributed by atoms with Crippen LogP contribution in [0.15, 0.2) is 42.7 Å². The van der Waals surface area contributed by atoms with Gasteiger partial charge in [-0.3, -0.25) is 9.48 Å². The topological polar surface area (TPSA) is 46.9 Å². The summed E-state index contributed by atoms with van der Waals surface area (Å²) in [6.07, 6.45) is 3.52. The molecule has 1 aromatic heterocycles. The highest BCUT2D eigenvalue weighted by Gasteiger charge is 2.10. The number of aromatic nitrogens is 2. The predicted molar refractivity (Wildman–Crippen MR) is 65.6 cm³/mol. The zero-order valence-corrected chi connectivity index (χ0v) is 10.0. The van der Waals surface area contributed by atoms with Crippen molar-refractivity contribution in [3.63, 3.8) is 0 Å². The molecule has 5 heteroatoms. The number of hydrogen-bond acceptors (Lipinski definition) is 2. The van der Waals surface area contributed by atoms with E-state index in [1.54, 1.807) is 10.9 Å². The lowest BCUT2D eigenvalue weighted by atomic mass is 10.2. The van der Waals surface area contributed by atoms with Crippen LogP contribution in [0.4, 0.5) is 4.39 Å². The summed E-state index contributed by atoms with van der Waals surface area (Å²) in [5.41, 5.74) is 0.448. The van der Waals surface area contributed by atoms with Crippen LogP contribution in [-0.4, -0.2) is 21.7 Å². The lowest BCUT2D eigenvalue weighted by Crippen LogP contribution is -2.35. The lowest BCUT2D eigenvalue weighted by Gasteiger charge is -2.13. The third-order valence-electron chi connectivity index (χ3n) is 2.50.